The molecule has 6 amide bonds. The van der Waals surface area contributed by atoms with Gasteiger partial charge in [-0.15, -0.1) is 0 Å². The van der Waals surface area contributed by atoms with E-state index in [-0.39, 0.29) is 49.8 Å². The molecule has 1 aliphatic heterocycles. The topological polar surface area (TPSA) is 297 Å². The van der Waals surface area contributed by atoms with E-state index < -0.39 is 72.6 Å². The van der Waals surface area contributed by atoms with Crippen molar-refractivity contribution in [2.75, 3.05) is 19.6 Å². The lowest BCUT2D eigenvalue weighted by Crippen LogP contribution is -2.58. The van der Waals surface area contributed by atoms with E-state index in [4.69, 9.17) is 11.5 Å². The fraction of sp³-hybridized carbons (Fsp3) is 0.517. The largest absolute Gasteiger partial charge is 0.508 e. The quantitative estimate of drug-likeness (QED) is 0.0571. The molecule has 0 aliphatic carbocycles. The molecule has 1 saturated heterocycles. The van der Waals surface area contributed by atoms with Gasteiger partial charge < -0.3 is 53.6 Å². The molecule has 1 aliphatic rings. The summed E-state index contributed by atoms with van der Waals surface area (Å²) >= 11 is 0. The Kier molecular flexibility index (Phi) is 15.4. The predicted octanol–water partition coefficient (Wildman–Crippen LogP) is -3.16. The first kappa shape index (κ1) is 37.8. The molecule has 0 bridgehead atoms. The summed E-state index contributed by atoms with van der Waals surface area (Å²) in [4.78, 5) is 92.9. The normalized spacial score (nSPS) is 21.0. The summed E-state index contributed by atoms with van der Waals surface area (Å²) in [6, 6.07) is 0.415. The van der Waals surface area contributed by atoms with Crippen LogP contribution in [0.3, 0.4) is 0 Å². The van der Waals surface area contributed by atoms with E-state index in [1.165, 1.54) is 31.2 Å². The zero-order valence-electron chi connectivity index (χ0n) is 26.0. The number of aliphatic carboxylic acids is 1. The summed E-state index contributed by atoms with van der Waals surface area (Å²) in [5.74, 6) is -6.03. The van der Waals surface area contributed by atoms with Crippen LogP contribution in [0, 0.1) is 0 Å². The molecule has 1 aromatic carbocycles. The van der Waals surface area contributed by atoms with Gasteiger partial charge >= 0.3 is 5.97 Å². The number of nitrogens with two attached hydrogens (primary N) is 2. The Morgan fingerprint density at radius 2 is 1.40 bits per heavy atom. The van der Waals surface area contributed by atoms with Gasteiger partial charge in [0.2, 0.25) is 35.4 Å². The average molecular weight is 662 g/mol. The Hall–Kier alpha value is -5.42. The molecule has 18 nitrogen and oxygen atoms in total. The van der Waals surface area contributed by atoms with E-state index in [1.54, 1.807) is 0 Å². The number of phenols is 1. The van der Waals surface area contributed by atoms with Gasteiger partial charge in [-0.05, 0) is 49.8 Å². The zero-order chi connectivity index (χ0) is 34.9. The van der Waals surface area contributed by atoms with Crippen LogP contribution in [0.5, 0.6) is 5.75 Å². The fourth-order valence-corrected chi connectivity index (χ4v) is 4.59. The second kappa shape index (κ2) is 19.2. The van der Waals surface area contributed by atoms with Gasteiger partial charge in [0.05, 0.1) is 13.0 Å². The standard InChI is InChI=1S/C29H43N9O9/c1-16(39)32-11-3-2-5-20-26(45)36-19(6-4-12-33-29(30)31)25(44)34-15-23(41)35-22(14-24(42)43)28(47)38-21(27(46)37-20)13-17-7-9-18(40)10-8-17/h7-10,19-22,40H,2-6,11-15H2,1H3,(H,32,39)(H,34,44)(H,35,41)(H,36,45)(H,37,46)(H,38,47)(H,42,43)(H4,30,31,33). The predicted molar refractivity (Wildman–Crippen MR) is 167 cm³/mol. The highest BCUT2D eigenvalue weighted by molar-refractivity contribution is 5.98. The van der Waals surface area contributed by atoms with E-state index in [0.717, 1.165) is 0 Å². The Morgan fingerprint density at radius 3 is 2.02 bits per heavy atom. The van der Waals surface area contributed by atoms with Crippen LogP contribution < -0.4 is 43.4 Å². The van der Waals surface area contributed by atoms with Gasteiger partial charge in [0.15, 0.2) is 5.96 Å². The van der Waals surface area contributed by atoms with Crippen LogP contribution in [0.15, 0.2) is 29.3 Å². The van der Waals surface area contributed by atoms with Crippen LogP contribution in [0.2, 0.25) is 0 Å². The van der Waals surface area contributed by atoms with Gasteiger partial charge in [-0.25, -0.2) is 0 Å². The van der Waals surface area contributed by atoms with Gasteiger partial charge in [-0.3, -0.25) is 38.6 Å². The van der Waals surface area contributed by atoms with Crippen molar-refractivity contribution >= 4 is 47.4 Å². The molecule has 18 heteroatoms. The summed E-state index contributed by atoms with van der Waals surface area (Å²) in [5.41, 5.74) is 11.2. The van der Waals surface area contributed by atoms with E-state index in [2.05, 4.69) is 36.9 Å². The van der Waals surface area contributed by atoms with E-state index in [1.807, 2.05) is 0 Å². The summed E-state index contributed by atoms with van der Waals surface area (Å²) < 4.78 is 0. The number of unbranched alkanes of at least 4 members (excludes halogenated alkanes) is 1. The second-order valence-corrected chi connectivity index (χ2v) is 10.9. The lowest BCUT2D eigenvalue weighted by molar-refractivity contribution is -0.141. The van der Waals surface area contributed by atoms with Gasteiger partial charge in [-0.2, -0.15) is 0 Å². The Morgan fingerprint density at radius 1 is 0.830 bits per heavy atom. The Balaban J connectivity index is 2.45. The number of nitrogens with zero attached hydrogens (tertiary/aromatic N) is 1. The molecule has 0 spiro atoms. The maximum Gasteiger partial charge on any atom is 0.305 e. The summed E-state index contributed by atoms with van der Waals surface area (Å²) in [6.45, 7) is 1.16. The molecule has 4 atom stereocenters. The third-order valence-electron chi connectivity index (χ3n) is 6.97. The number of aliphatic imine (C=N–C) groups is 1. The number of benzene rings is 1. The van der Waals surface area contributed by atoms with Crippen LogP contribution in [0.4, 0.5) is 0 Å². The molecule has 1 fully saturated rings. The van der Waals surface area contributed by atoms with Crippen LogP contribution in [0.25, 0.3) is 0 Å². The SMILES string of the molecule is CC(=O)NCCCCC1NC(=O)C(Cc2ccc(O)cc2)NC(=O)C(CC(=O)O)NC(=O)CNC(=O)C(CCCN=C(N)N)NC1=O. The van der Waals surface area contributed by atoms with E-state index >= 15 is 0 Å². The van der Waals surface area contributed by atoms with Gasteiger partial charge in [0.1, 0.15) is 29.9 Å². The number of phenolic OH excluding ortho intramolecular Hbond substituents is 1. The number of rotatable bonds is 13. The summed E-state index contributed by atoms with van der Waals surface area (Å²) in [5, 5.41) is 34.0. The number of amides is 6. The van der Waals surface area contributed by atoms with Crippen molar-refractivity contribution < 1.29 is 43.8 Å². The third-order valence-corrected chi connectivity index (χ3v) is 6.97. The fourth-order valence-electron chi connectivity index (χ4n) is 4.59. The smallest absolute Gasteiger partial charge is 0.305 e. The Labute approximate surface area is 270 Å². The average Bonchev–Trinajstić information content (AvgIpc) is 2.99. The van der Waals surface area contributed by atoms with Gasteiger partial charge in [0, 0.05) is 26.4 Å². The number of guanidine groups is 1. The van der Waals surface area contributed by atoms with Gasteiger partial charge in [0.25, 0.3) is 0 Å². The van der Waals surface area contributed by atoms with E-state index in [9.17, 15) is 43.8 Å². The number of aromatic hydroxyl groups is 1. The first-order valence-electron chi connectivity index (χ1n) is 15.0. The molecule has 1 aromatic rings. The van der Waals surface area contributed by atoms with E-state index in [0.29, 0.717) is 24.9 Å². The number of hydrogen-bond acceptors (Lipinski definition) is 9. The van der Waals surface area contributed by atoms with Crippen molar-refractivity contribution in [3.05, 3.63) is 29.8 Å². The number of nitrogens with one attached hydrogen (secondary N) is 6. The zero-order valence-corrected chi connectivity index (χ0v) is 26.0. The minimum Gasteiger partial charge on any atom is -0.508 e. The summed E-state index contributed by atoms with van der Waals surface area (Å²) in [7, 11) is 0. The molecular weight excluding hydrogens is 618 g/mol. The van der Waals surface area contributed by atoms with Crippen molar-refractivity contribution in [2.24, 2.45) is 16.5 Å². The highest BCUT2D eigenvalue weighted by atomic mass is 16.4. The van der Waals surface area contributed by atoms with Crippen LogP contribution in [-0.2, 0) is 40.0 Å². The third kappa shape index (κ3) is 14.5. The van der Waals surface area contributed by atoms with Crippen LogP contribution in [0.1, 0.15) is 51.0 Å². The minimum absolute atomic E-state index is 0.0412. The molecular formula is C29H43N9O9. The maximum atomic E-state index is 13.7. The first-order chi connectivity index (χ1) is 22.2. The molecule has 47 heavy (non-hydrogen) atoms. The first-order valence-corrected chi connectivity index (χ1v) is 15.0. The lowest BCUT2D eigenvalue weighted by atomic mass is 10.0. The highest BCUT2D eigenvalue weighted by Gasteiger charge is 2.33. The molecule has 258 valence electrons. The number of carbonyl (C=O) groups is 7. The van der Waals surface area contributed by atoms with Crippen molar-refractivity contribution in [3.63, 3.8) is 0 Å². The molecule has 4 unspecified atom stereocenters. The molecule has 2 rings (SSSR count). The Bertz CT molecular complexity index is 1320. The highest BCUT2D eigenvalue weighted by Crippen LogP contribution is 2.13. The monoisotopic (exact) mass is 661 g/mol. The van der Waals surface area contributed by atoms with Crippen LogP contribution in [-0.4, -0.2) is 101 Å². The number of hydrogen-bond donors (Lipinski definition) is 10. The van der Waals surface area contributed by atoms with Crippen molar-refractivity contribution in [1.29, 1.82) is 0 Å². The van der Waals surface area contributed by atoms with Crippen molar-refractivity contribution in [2.45, 2.75) is 76.0 Å². The number of carboxylic acids is 1. The molecule has 1 heterocycles. The summed E-state index contributed by atoms with van der Waals surface area (Å²) in [6.07, 6.45) is 0.253. The number of carbonyl (C=O) groups excluding carboxylic acids is 6. The number of carboxylic acid groups (broad SMARTS) is 1. The van der Waals surface area contributed by atoms with Crippen molar-refractivity contribution in [1.82, 2.24) is 31.9 Å². The van der Waals surface area contributed by atoms with Gasteiger partial charge in [-0.1, -0.05) is 12.1 Å². The molecule has 12 N–H and O–H groups in total. The van der Waals surface area contributed by atoms with Crippen molar-refractivity contribution in [3.8, 4) is 5.75 Å². The lowest BCUT2D eigenvalue weighted by Gasteiger charge is -2.26. The van der Waals surface area contributed by atoms with Crippen LogP contribution >= 0.6 is 0 Å². The maximum absolute atomic E-state index is 13.7. The second-order valence-electron chi connectivity index (χ2n) is 10.9. The molecule has 0 saturated carbocycles. The molecule has 0 aromatic heterocycles. The molecule has 0 radical (unpaired) electrons. The minimum atomic E-state index is -1.61.